The van der Waals surface area contributed by atoms with E-state index in [9.17, 15) is 14.7 Å². The number of hydrogen-bond acceptors (Lipinski definition) is 7. The number of aliphatic hydroxyl groups excluding tert-OH is 1. The Kier molecular flexibility index (Phi) is 11.7. The van der Waals surface area contributed by atoms with E-state index in [-0.39, 0.29) is 11.3 Å². The number of rotatable bonds is 15. The molecule has 1 fully saturated rings. The van der Waals surface area contributed by atoms with Gasteiger partial charge in [0.1, 0.15) is 18.1 Å². The van der Waals surface area contributed by atoms with E-state index < -0.39 is 17.7 Å². The predicted molar refractivity (Wildman–Crippen MR) is 177 cm³/mol. The molecule has 1 heterocycles. The van der Waals surface area contributed by atoms with Crippen molar-refractivity contribution in [3.8, 4) is 17.2 Å². The van der Waals surface area contributed by atoms with Crippen LogP contribution in [0.4, 0.5) is 0 Å². The summed E-state index contributed by atoms with van der Waals surface area (Å²) in [4.78, 5) is 30.8. The van der Waals surface area contributed by atoms with Crippen LogP contribution < -0.4 is 14.2 Å². The fourth-order valence-electron chi connectivity index (χ4n) is 5.46. The van der Waals surface area contributed by atoms with Gasteiger partial charge in [-0.1, -0.05) is 63.6 Å². The third-order valence-corrected chi connectivity index (χ3v) is 8.16. The van der Waals surface area contributed by atoms with Crippen molar-refractivity contribution < 1.29 is 28.9 Å². The number of nitrogens with zero attached hydrogens (tertiary/aromatic N) is 2. The third kappa shape index (κ3) is 8.25. The quantitative estimate of drug-likeness (QED) is 0.115. The highest BCUT2D eigenvalue weighted by atomic mass is 16.5. The van der Waals surface area contributed by atoms with Gasteiger partial charge in [-0.3, -0.25) is 9.59 Å². The maximum Gasteiger partial charge on any atom is 0.295 e. The number of carbonyl (C=O) groups is 2. The number of Topliss-reactive ketones (excluding diaryl/α,β-unsaturated/α-hetero) is 1. The lowest BCUT2D eigenvalue weighted by atomic mass is 9.95. The number of carbonyl (C=O) groups excluding carboxylic acids is 2. The number of likely N-dealkylation sites (tertiary alicyclic amines) is 1. The summed E-state index contributed by atoms with van der Waals surface area (Å²) in [6, 6.07) is 19.7. The minimum Gasteiger partial charge on any atom is -0.507 e. The number of ether oxygens (including phenoxy) is 3. The van der Waals surface area contributed by atoms with E-state index >= 15 is 0 Å². The second kappa shape index (κ2) is 15.6. The minimum absolute atomic E-state index is 0.0449. The van der Waals surface area contributed by atoms with Crippen LogP contribution in [0.1, 0.15) is 62.4 Å². The zero-order valence-corrected chi connectivity index (χ0v) is 27.3. The lowest BCUT2D eigenvalue weighted by molar-refractivity contribution is -0.140. The van der Waals surface area contributed by atoms with Crippen LogP contribution in [-0.2, 0) is 16.2 Å². The number of hydrogen-bond donors (Lipinski definition) is 1. The molecule has 3 aromatic carbocycles. The topological polar surface area (TPSA) is 88.5 Å². The molecule has 240 valence electrons. The van der Waals surface area contributed by atoms with E-state index in [1.807, 2.05) is 31.2 Å². The SMILES string of the molecule is CCN(CC)CCN1C(=O)C(=O)C(=C(O)c2ccc(OCc3cccc(C)c3)cc2)C1c1ccc(OCCC(C)C)c(OC)c1. The maximum absolute atomic E-state index is 13.6. The van der Waals surface area contributed by atoms with E-state index in [0.29, 0.717) is 60.6 Å². The van der Waals surface area contributed by atoms with Gasteiger partial charge in [0.25, 0.3) is 11.7 Å². The third-order valence-electron chi connectivity index (χ3n) is 8.16. The van der Waals surface area contributed by atoms with Crippen molar-refractivity contribution in [2.24, 2.45) is 5.92 Å². The van der Waals surface area contributed by atoms with Crippen molar-refractivity contribution in [2.45, 2.75) is 53.7 Å². The van der Waals surface area contributed by atoms with Crippen LogP contribution >= 0.6 is 0 Å². The highest BCUT2D eigenvalue weighted by Crippen LogP contribution is 2.42. The Hall–Kier alpha value is -4.30. The molecule has 3 aromatic rings. The average Bonchev–Trinajstić information content (AvgIpc) is 3.29. The number of ketones is 1. The Labute approximate surface area is 267 Å². The number of methoxy groups -OCH3 is 1. The van der Waals surface area contributed by atoms with Crippen LogP contribution in [0.15, 0.2) is 72.3 Å². The van der Waals surface area contributed by atoms with Crippen molar-refractivity contribution in [1.29, 1.82) is 0 Å². The fraction of sp³-hybridized carbons (Fsp3) is 0.405. The summed E-state index contributed by atoms with van der Waals surface area (Å²) < 4.78 is 17.6. The lowest BCUT2D eigenvalue weighted by Crippen LogP contribution is -2.38. The fourth-order valence-corrected chi connectivity index (χ4v) is 5.46. The first-order chi connectivity index (χ1) is 21.7. The van der Waals surface area contributed by atoms with Gasteiger partial charge in [-0.2, -0.15) is 0 Å². The van der Waals surface area contributed by atoms with Gasteiger partial charge in [0.15, 0.2) is 11.5 Å². The monoisotopic (exact) mass is 614 g/mol. The molecule has 1 saturated heterocycles. The van der Waals surface area contributed by atoms with E-state index in [1.54, 1.807) is 48.4 Å². The van der Waals surface area contributed by atoms with Crippen LogP contribution in [0.2, 0.25) is 0 Å². The van der Waals surface area contributed by atoms with E-state index in [1.165, 1.54) is 0 Å². The molecule has 1 unspecified atom stereocenters. The Balaban J connectivity index is 1.67. The molecule has 1 N–H and O–H groups in total. The van der Waals surface area contributed by atoms with Crippen LogP contribution in [0.5, 0.6) is 17.2 Å². The smallest absolute Gasteiger partial charge is 0.295 e. The van der Waals surface area contributed by atoms with Crippen molar-refractivity contribution in [1.82, 2.24) is 9.80 Å². The molecule has 0 aromatic heterocycles. The van der Waals surface area contributed by atoms with Crippen LogP contribution in [0.25, 0.3) is 5.76 Å². The van der Waals surface area contributed by atoms with Gasteiger partial charge in [0.05, 0.1) is 25.3 Å². The molecule has 8 nitrogen and oxygen atoms in total. The van der Waals surface area contributed by atoms with Gasteiger partial charge >= 0.3 is 0 Å². The first kappa shape index (κ1) is 33.6. The Morgan fingerprint density at radius 3 is 2.33 bits per heavy atom. The largest absolute Gasteiger partial charge is 0.507 e. The zero-order chi connectivity index (χ0) is 32.5. The summed E-state index contributed by atoms with van der Waals surface area (Å²) in [5.41, 5.74) is 3.33. The summed E-state index contributed by atoms with van der Waals surface area (Å²) in [5, 5.41) is 11.6. The molecule has 8 heteroatoms. The number of benzene rings is 3. The lowest BCUT2D eigenvalue weighted by Gasteiger charge is -2.28. The second-order valence-electron chi connectivity index (χ2n) is 11.8. The number of aliphatic hydroxyl groups is 1. The number of amides is 1. The molecule has 0 spiro atoms. The molecular formula is C37H46N2O6. The Morgan fingerprint density at radius 2 is 1.69 bits per heavy atom. The second-order valence-corrected chi connectivity index (χ2v) is 11.8. The van der Waals surface area contributed by atoms with Gasteiger partial charge in [-0.15, -0.1) is 0 Å². The highest BCUT2D eigenvalue weighted by molar-refractivity contribution is 6.46. The van der Waals surface area contributed by atoms with Crippen molar-refractivity contribution in [3.05, 3.63) is 94.6 Å². The first-order valence-electron chi connectivity index (χ1n) is 15.8. The number of aryl methyl sites for hydroxylation is 1. The van der Waals surface area contributed by atoms with Crippen LogP contribution in [0.3, 0.4) is 0 Å². The van der Waals surface area contributed by atoms with Crippen molar-refractivity contribution >= 4 is 17.4 Å². The summed E-state index contributed by atoms with van der Waals surface area (Å²) in [5.74, 6) is 0.627. The Morgan fingerprint density at radius 1 is 0.956 bits per heavy atom. The van der Waals surface area contributed by atoms with Crippen molar-refractivity contribution in [3.63, 3.8) is 0 Å². The Bertz CT molecular complexity index is 1490. The molecule has 0 bridgehead atoms. The van der Waals surface area contributed by atoms with Crippen LogP contribution in [0, 0.1) is 12.8 Å². The van der Waals surface area contributed by atoms with Crippen molar-refractivity contribution in [2.75, 3.05) is 39.9 Å². The molecule has 4 rings (SSSR count). The van der Waals surface area contributed by atoms with Gasteiger partial charge < -0.3 is 29.1 Å². The molecule has 1 atom stereocenters. The van der Waals surface area contributed by atoms with Gasteiger partial charge in [-0.25, -0.2) is 0 Å². The van der Waals surface area contributed by atoms with Crippen LogP contribution in [-0.4, -0.2) is 66.5 Å². The molecular weight excluding hydrogens is 568 g/mol. The predicted octanol–water partition coefficient (Wildman–Crippen LogP) is 6.77. The molecule has 0 aliphatic carbocycles. The zero-order valence-electron chi connectivity index (χ0n) is 27.3. The summed E-state index contributed by atoms with van der Waals surface area (Å²) in [6.07, 6.45) is 0.895. The molecule has 1 aliphatic rings. The first-order valence-corrected chi connectivity index (χ1v) is 15.8. The normalized spacial score (nSPS) is 16.1. The molecule has 0 radical (unpaired) electrons. The van der Waals surface area contributed by atoms with E-state index in [2.05, 4.69) is 38.7 Å². The highest BCUT2D eigenvalue weighted by Gasteiger charge is 2.46. The van der Waals surface area contributed by atoms with E-state index in [0.717, 1.165) is 30.6 Å². The standard InChI is InChI=1S/C37H46N2O6/c1-7-38(8-2)19-20-39-34(29-14-17-31(32(23-29)43-6)44-21-18-25(3)4)33(36(41)37(39)42)35(40)28-12-15-30(16-13-28)45-24-27-11-9-10-26(5)22-27/h9-17,22-23,25,34,40H,7-8,18-21,24H2,1-6H3. The van der Waals surface area contributed by atoms with Gasteiger partial charge in [0.2, 0.25) is 0 Å². The summed E-state index contributed by atoms with van der Waals surface area (Å²) in [6.45, 7) is 13.9. The van der Waals surface area contributed by atoms with E-state index in [4.69, 9.17) is 14.2 Å². The van der Waals surface area contributed by atoms with Gasteiger partial charge in [-0.05, 0) is 79.9 Å². The number of likely N-dealkylation sites (N-methyl/N-ethyl adjacent to an activating group) is 1. The van der Waals surface area contributed by atoms with Gasteiger partial charge in [0, 0.05) is 18.7 Å². The summed E-state index contributed by atoms with van der Waals surface area (Å²) >= 11 is 0. The molecule has 0 saturated carbocycles. The summed E-state index contributed by atoms with van der Waals surface area (Å²) in [7, 11) is 1.56. The average molecular weight is 615 g/mol. The molecule has 45 heavy (non-hydrogen) atoms. The molecule has 1 amide bonds. The minimum atomic E-state index is -0.795. The maximum atomic E-state index is 13.6. The molecule has 1 aliphatic heterocycles.